The molecule has 6 nitrogen and oxygen atoms in total. The van der Waals surface area contributed by atoms with Gasteiger partial charge >= 0.3 is 0 Å². The molecule has 3 aromatic rings. The van der Waals surface area contributed by atoms with Crippen LogP contribution in [0.2, 0.25) is 10.0 Å². The minimum absolute atomic E-state index is 0.143. The number of halogens is 2. The number of benzene rings is 2. The molecule has 0 unspecified atom stereocenters. The van der Waals surface area contributed by atoms with E-state index in [1.165, 1.54) is 12.4 Å². The molecule has 27 heavy (non-hydrogen) atoms. The fourth-order valence-corrected chi connectivity index (χ4v) is 2.79. The van der Waals surface area contributed by atoms with Crippen molar-refractivity contribution in [2.24, 2.45) is 5.10 Å². The lowest BCUT2D eigenvalue weighted by atomic mass is 10.1. The first-order valence-electron chi connectivity index (χ1n) is 7.81. The summed E-state index contributed by atoms with van der Waals surface area (Å²) >= 11 is 11.8. The number of ether oxygens (including phenoxy) is 1. The highest BCUT2D eigenvalue weighted by Crippen LogP contribution is 2.20. The molecular weight excluding hydrogens is 387 g/mol. The Bertz CT molecular complexity index is 971. The van der Waals surface area contributed by atoms with Crippen molar-refractivity contribution >= 4 is 35.3 Å². The highest BCUT2D eigenvalue weighted by molar-refractivity contribution is 6.35. The van der Waals surface area contributed by atoms with Gasteiger partial charge in [-0.1, -0.05) is 23.2 Å². The van der Waals surface area contributed by atoms with Crippen LogP contribution in [0.1, 0.15) is 16.1 Å². The fourth-order valence-electron chi connectivity index (χ4n) is 2.25. The standard InChI is InChI=1S/C19H14Cl2N4O2/c1-27-16-4-2-13(3-5-16)17-10-22-11-18(24-17)19(26)25-23-9-12-6-14(20)8-15(21)7-12/h2-11H,1H3,(H,25,26). The van der Waals surface area contributed by atoms with Gasteiger partial charge in [-0.3, -0.25) is 9.78 Å². The molecule has 0 bridgehead atoms. The number of methoxy groups -OCH3 is 1. The number of carbonyl (C=O) groups excluding carboxylic acids is 1. The Morgan fingerprint density at radius 3 is 2.48 bits per heavy atom. The Hall–Kier alpha value is -2.96. The maximum atomic E-state index is 12.3. The lowest BCUT2D eigenvalue weighted by molar-refractivity contribution is 0.0950. The number of amides is 1. The van der Waals surface area contributed by atoms with Gasteiger partial charge in [0, 0.05) is 15.6 Å². The Balaban J connectivity index is 1.72. The Kier molecular flexibility index (Phi) is 6.01. The fraction of sp³-hybridized carbons (Fsp3) is 0.0526. The molecule has 2 aromatic carbocycles. The summed E-state index contributed by atoms with van der Waals surface area (Å²) < 4.78 is 5.13. The smallest absolute Gasteiger partial charge is 0.291 e. The maximum Gasteiger partial charge on any atom is 0.291 e. The number of carbonyl (C=O) groups is 1. The summed E-state index contributed by atoms with van der Waals surface area (Å²) in [5.41, 5.74) is 4.59. The van der Waals surface area contributed by atoms with Crippen molar-refractivity contribution in [1.29, 1.82) is 0 Å². The molecular formula is C19H14Cl2N4O2. The Labute approximate surface area is 165 Å². The summed E-state index contributed by atoms with van der Waals surface area (Å²) in [6, 6.07) is 12.3. The molecule has 0 aliphatic heterocycles. The second-order valence-electron chi connectivity index (χ2n) is 5.42. The van der Waals surface area contributed by atoms with Crippen molar-refractivity contribution < 1.29 is 9.53 Å². The van der Waals surface area contributed by atoms with Gasteiger partial charge < -0.3 is 4.74 Å². The van der Waals surface area contributed by atoms with Gasteiger partial charge in [-0.05, 0) is 48.0 Å². The summed E-state index contributed by atoms with van der Waals surface area (Å²) in [5, 5.41) is 4.86. The lowest BCUT2D eigenvalue weighted by Gasteiger charge is -2.04. The molecule has 1 aromatic heterocycles. The van der Waals surface area contributed by atoms with E-state index < -0.39 is 5.91 Å². The summed E-state index contributed by atoms with van der Waals surface area (Å²) in [6.45, 7) is 0. The molecule has 0 spiro atoms. The number of hydrazone groups is 1. The van der Waals surface area contributed by atoms with Crippen molar-refractivity contribution in [3.05, 3.63) is 76.2 Å². The molecule has 0 fully saturated rings. The van der Waals surface area contributed by atoms with Crippen LogP contribution in [0.15, 0.2) is 60.0 Å². The zero-order chi connectivity index (χ0) is 19.2. The molecule has 1 N–H and O–H groups in total. The van der Waals surface area contributed by atoms with Crippen LogP contribution in [0.5, 0.6) is 5.75 Å². The predicted molar refractivity (Wildman–Crippen MR) is 106 cm³/mol. The number of nitrogens with zero attached hydrogens (tertiary/aromatic N) is 3. The van der Waals surface area contributed by atoms with Gasteiger partial charge in [0.2, 0.25) is 0 Å². The molecule has 8 heteroatoms. The maximum absolute atomic E-state index is 12.3. The van der Waals surface area contributed by atoms with Gasteiger partial charge in [0.15, 0.2) is 0 Å². The van der Waals surface area contributed by atoms with Gasteiger partial charge in [-0.2, -0.15) is 5.10 Å². The van der Waals surface area contributed by atoms with Crippen LogP contribution in [-0.4, -0.2) is 29.2 Å². The van der Waals surface area contributed by atoms with E-state index in [1.54, 1.807) is 31.5 Å². The monoisotopic (exact) mass is 400 g/mol. The summed E-state index contributed by atoms with van der Waals surface area (Å²) in [6.07, 6.45) is 4.39. The van der Waals surface area contributed by atoms with Crippen LogP contribution in [0.3, 0.4) is 0 Å². The Morgan fingerprint density at radius 2 is 1.81 bits per heavy atom. The number of hydrogen-bond donors (Lipinski definition) is 1. The zero-order valence-corrected chi connectivity index (χ0v) is 15.7. The first-order chi connectivity index (χ1) is 13.0. The SMILES string of the molecule is COc1ccc(-c2cncc(C(=O)NN=Cc3cc(Cl)cc(Cl)c3)n2)cc1. The van der Waals surface area contributed by atoms with E-state index in [0.717, 1.165) is 11.3 Å². The molecule has 0 saturated heterocycles. The third kappa shape index (κ3) is 5.03. The largest absolute Gasteiger partial charge is 0.497 e. The normalized spacial score (nSPS) is 10.8. The number of hydrogen-bond acceptors (Lipinski definition) is 5. The summed E-state index contributed by atoms with van der Waals surface area (Å²) in [7, 11) is 1.59. The minimum Gasteiger partial charge on any atom is -0.497 e. The topological polar surface area (TPSA) is 76.5 Å². The van der Waals surface area contributed by atoms with Gasteiger partial charge in [0.1, 0.15) is 11.4 Å². The van der Waals surface area contributed by atoms with E-state index in [-0.39, 0.29) is 5.69 Å². The second kappa shape index (κ2) is 8.62. The van der Waals surface area contributed by atoms with Crippen molar-refractivity contribution in [2.45, 2.75) is 0 Å². The van der Waals surface area contributed by atoms with Crippen molar-refractivity contribution in [2.75, 3.05) is 7.11 Å². The van der Waals surface area contributed by atoms with E-state index >= 15 is 0 Å². The molecule has 0 saturated carbocycles. The summed E-state index contributed by atoms with van der Waals surface area (Å²) in [5.74, 6) is 0.248. The van der Waals surface area contributed by atoms with Gasteiger partial charge in [-0.15, -0.1) is 0 Å². The van der Waals surface area contributed by atoms with E-state index in [0.29, 0.717) is 21.3 Å². The van der Waals surface area contributed by atoms with E-state index in [2.05, 4.69) is 20.5 Å². The molecule has 1 amide bonds. The molecule has 1 heterocycles. The van der Waals surface area contributed by atoms with E-state index in [9.17, 15) is 4.79 Å². The van der Waals surface area contributed by atoms with Gasteiger partial charge in [0.05, 0.1) is 31.4 Å². The molecule has 0 radical (unpaired) electrons. The number of aromatic nitrogens is 2. The number of rotatable bonds is 5. The molecule has 3 rings (SSSR count). The Morgan fingerprint density at radius 1 is 1.11 bits per heavy atom. The van der Waals surface area contributed by atoms with Crippen LogP contribution in [-0.2, 0) is 0 Å². The van der Waals surface area contributed by atoms with Crippen molar-refractivity contribution in [1.82, 2.24) is 15.4 Å². The van der Waals surface area contributed by atoms with Crippen molar-refractivity contribution in [3.8, 4) is 17.0 Å². The highest BCUT2D eigenvalue weighted by Gasteiger charge is 2.09. The average molecular weight is 401 g/mol. The quantitative estimate of drug-likeness (QED) is 0.513. The first kappa shape index (κ1) is 18.8. The summed E-state index contributed by atoms with van der Waals surface area (Å²) in [4.78, 5) is 20.6. The van der Waals surface area contributed by atoms with Gasteiger partial charge in [0.25, 0.3) is 5.91 Å². The third-order valence-corrected chi connectivity index (χ3v) is 3.95. The van der Waals surface area contributed by atoms with Crippen LogP contribution < -0.4 is 10.2 Å². The van der Waals surface area contributed by atoms with Crippen LogP contribution in [0.4, 0.5) is 0 Å². The first-order valence-corrected chi connectivity index (χ1v) is 8.57. The van der Waals surface area contributed by atoms with Crippen LogP contribution >= 0.6 is 23.2 Å². The number of nitrogens with one attached hydrogen (secondary N) is 1. The van der Waals surface area contributed by atoms with E-state index in [4.69, 9.17) is 27.9 Å². The zero-order valence-electron chi connectivity index (χ0n) is 14.2. The van der Waals surface area contributed by atoms with E-state index in [1.807, 2.05) is 24.3 Å². The predicted octanol–water partition coefficient (Wildman–Crippen LogP) is 4.22. The minimum atomic E-state index is -0.484. The average Bonchev–Trinajstić information content (AvgIpc) is 2.67. The van der Waals surface area contributed by atoms with Gasteiger partial charge in [-0.25, -0.2) is 10.4 Å². The lowest BCUT2D eigenvalue weighted by Crippen LogP contribution is -2.19. The molecule has 0 atom stereocenters. The van der Waals surface area contributed by atoms with Crippen LogP contribution in [0.25, 0.3) is 11.3 Å². The highest BCUT2D eigenvalue weighted by atomic mass is 35.5. The molecule has 0 aliphatic rings. The molecule has 136 valence electrons. The van der Waals surface area contributed by atoms with Crippen molar-refractivity contribution in [3.63, 3.8) is 0 Å². The van der Waals surface area contributed by atoms with Crippen LogP contribution in [0, 0.1) is 0 Å². The third-order valence-electron chi connectivity index (χ3n) is 3.52. The molecule has 0 aliphatic carbocycles. The second-order valence-corrected chi connectivity index (χ2v) is 6.29.